The highest BCUT2D eigenvalue weighted by Gasteiger charge is 2.38. The topological polar surface area (TPSA) is 127 Å². The van der Waals surface area contributed by atoms with Crippen molar-refractivity contribution in [3.63, 3.8) is 0 Å². The summed E-state index contributed by atoms with van der Waals surface area (Å²) in [6, 6.07) is 6.53. The molecule has 11 heteroatoms. The molecule has 5 atom stereocenters. The summed E-state index contributed by atoms with van der Waals surface area (Å²) >= 11 is 7.57. The monoisotopic (exact) mass is 632 g/mol. The van der Waals surface area contributed by atoms with E-state index in [9.17, 15) is 9.70 Å². The Labute approximate surface area is 264 Å². The van der Waals surface area contributed by atoms with Gasteiger partial charge < -0.3 is 25.2 Å². The molecular weight excluding hydrogens is 588 g/mol. The average molecular weight is 633 g/mol. The van der Waals surface area contributed by atoms with Crippen molar-refractivity contribution in [2.24, 2.45) is 21.8 Å². The van der Waals surface area contributed by atoms with Gasteiger partial charge in [0.05, 0.1) is 31.8 Å². The van der Waals surface area contributed by atoms with E-state index >= 15 is 0 Å². The quantitative estimate of drug-likeness (QED) is 0.204. The Kier molecular flexibility index (Phi) is 15.8. The summed E-state index contributed by atoms with van der Waals surface area (Å²) in [5.74, 6) is 2.18. The lowest BCUT2D eigenvalue weighted by Gasteiger charge is -2.30. The average Bonchev–Trinajstić information content (AvgIpc) is 3.79. The van der Waals surface area contributed by atoms with Crippen molar-refractivity contribution in [2.45, 2.75) is 76.6 Å². The Morgan fingerprint density at radius 2 is 1.91 bits per heavy atom. The van der Waals surface area contributed by atoms with Crippen LogP contribution in [0.2, 0.25) is 5.02 Å². The van der Waals surface area contributed by atoms with E-state index in [1.165, 1.54) is 31.5 Å². The number of ether oxygens (including phenoxy) is 2. The van der Waals surface area contributed by atoms with Crippen LogP contribution >= 0.6 is 23.4 Å². The van der Waals surface area contributed by atoms with E-state index in [0.29, 0.717) is 29.7 Å². The molecule has 2 aliphatic carbocycles. The molecular formula is C32H45ClN4O5S. The molecule has 3 N–H and O–H groups in total. The molecule has 236 valence electrons. The number of halogens is 1. The number of methoxy groups -OCH3 is 1. The van der Waals surface area contributed by atoms with Gasteiger partial charge in [0.15, 0.2) is 11.5 Å². The second-order valence-electron chi connectivity index (χ2n) is 9.97. The summed E-state index contributed by atoms with van der Waals surface area (Å²) in [7, 11) is 1.64. The van der Waals surface area contributed by atoms with Crippen molar-refractivity contribution >= 4 is 40.9 Å². The fraction of sp³-hybridized carbons (Fsp3) is 0.500. The number of benzene rings is 1. The second kappa shape index (κ2) is 18.7. The summed E-state index contributed by atoms with van der Waals surface area (Å²) in [5, 5.41) is 10.9. The smallest absolute Gasteiger partial charge is 0.239 e. The van der Waals surface area contributed by atoms with Crippen molar-refractivity contribution in [3.05, 3.63) is 81.7 Å². The van der Waals surface area contributed by atoms with Gasteiger partial charge in [-0.2, -0.15) is 0 Å². The molecule has 0 bridgehead atoms. The van der Waals surface area contributed by atoms with Crippen LogP contribution in [-0.4, -0.2) is 72.5 Å². The van der Waals surface area contributed by atoms with Gasteiger partial charge in [0.25, 0.3) is 0 Å². The van der Waals surface area contributed by atoms with Crippen LogP contribution in [0, 0.1) is 10.8 Å². The van der Waals surface area contributed by atoms with Crippen LogP contribution in [0.1, 0.15) is 52.5 Å². The van der Waals surface area contributed by atoms with Crippen LogP contribution in [0.4, 0.5) is 0 Å². The van der Waals surface area contributed by atoms with Crippen molar-refractivity contribution in [2.75, 3.05) is 20.3 Å². The molecule has 1 fully saturated rings. The molecule has 1 aromatic rings. The zero-order valence-electron chi connectivity index (χ0n) is 25.7. The number of nitroso groups, excluding NO2 is 1. The standard InChI is InChI=1S/C27H31ClN2O3S.C3H8N2O2.C2H6/c1-4-30(21-6-5-7-23(24(16-21)32-3)33-15-14-18-8-9-18)27(31)26-22(29-2)17-25(34-26)19-10-12-20(28)13-11-19;1-2(4)3(6)5-7;1-2/h5-7,10-13,16-18,21-22,26H,2,4,8-9,14-15H2,1,3H3;2-3,6H,4H2,1H3;1-2H3/t;2-,3?;/m.0./s1. The van der Waals surface area contributed by atoms with Gasteiger partial charge in [-0.15, -0.1) is 16.7 Å². The summed E-state index contributed by atoms with van der Waals surface area (Å²) in [4.78, 5) is 30.2. The van der Waals surface area contributed by atoms with Crippen molar-refractivity contribution in [1.82, 2.24) is 4.90 Å². The third kappa shape index (κ3) is 10.9. The van der Waals surface area contributed by atoms with Crippen LogP contribution in [-0.2, 0) is 14.3 Å². The number of nitrogens with zero attached hydrogens (tertiary/aromatic N) is 3. The van der Waals surface area contributed by atoms with Gasteiger partial charge in [-0.1, -0.05) is 62.6 Å². The number of aliphatic hydroxyl groups excluding tert-OH is 1. The van der Waals surface area contributed by atoms with Crippen molar-refractivity contribution in [3.8, 4) is 0 Å². The molecule has 4 rings (SSSR count). The third-order valence-electron chi connectivity index (χ3n) is 6.85. The maximum atomic E-state index is 13.7. The van der Waals surface area contributed by atoms with Crippen LogP contribution in [0.25, 0.3) is 4.91 Å². The summed E-state index contributed by atoms with van der Waals surface area (Å²) in [6.07, 6.45) is 12.3. The molecule has 1 heterocycles. The lowest BCUT2D eigenvalue weighted by Crippen LogP contribution is -2.45. The summed E-state index contributed by atoms with van der Waals surface area (Å²) in [6.45, 7) is 12.5. The normalized spacial score (nSPS) is 22.0. The van der Waals surface area contributed by atoms with Crippen molar-refractivity contribution < 1.29 is 19.4 Å². The molecule has 3 aliphatic rings. The van der Waals surface area contributed by atoms with E-state index in [-0.39, 0.29) is 23.2 Å². The minimum Gasteiger partial charge on any atom is -0.493 e. The van der Waals surface area contributed by atoms with Gasteiger partial charge in [0, 0.05) is 16.5 Å². The van der Waals surface area contributed by atoms with Gasteiger partial charge in [-0.25, -0.2) is 0 Å². The number of rotatable bonds is 12. The molecule has 43 heavy (non-hydrogen) atoms. The van der Waals surface area contributed by atoms with Gasteiger partial charge in [-0.3, -0.25) is 9.79 Å². The number of hydrogen-bond donors (Lipinski definition) is 2. The molecule has 9 nitrogen and oxygen atoms in total. The second-order valence-corrected chi connectivity index (χ2v) is 11.6. The lowest BCUT2D eigenvalue weighted by molar-refractivity contribution is -0.131. The first-order chi connectivity index (χ1) is 20.7. The first-order valence-electron chi connectivity index (χ1n) is 14.7. The minimum atomic E-state index is -1.25. The lowest BCUT2D eigenvalue weighted by atomic mass is 10.1. The Morgan fingerprint density at radius 3 is 2.42 bits per heavy atom. The molecule has 1 aromatic carbocycles. The number of carbonyl (C=O) groups excluding carboxylic acids is 1. The number of hydrogen-bond acceptors (Lipinski definition) is 9. The van der Waals surface area contributed by atoms with E-state index in [1.807, 2.05) is 80.3 Å². The zero-order valence-corrected chi connectivity index (χ0v) is 27.3. The van der Waals surface area contributed by atoms with E-state index in [2.05, 4.69) is 16.9 Å². The van der Waals surface area contributed by atoms with Gasteiger partial charge in [0.2, 0.25) is 12.1 Å². The van der Waals surface area contributed by atoms with Crippen LogP contribution in [0.15, 0.2) is 76.3 Å². The Bertz CT molecular complexity index is 1180. The first-order valence-corrected chi connectivity index (χ1v) is 15.9. The van der Waals surface area contributed by atoms with Gasteiger partial charge in [0.1, 0.15) is 5.25 Å². The summed E-state index contributed by atoms with van der Waals surface area (Å²) in [5.41, 5.74) is 6.03. The molecule has 0 aromatic heterocycles. The predicted molar refractivity (Wildman–Crippen MR) is 178 cm³/mol. The number of aliphatic imine (C=N–C) groups is 1. The number of allylic oxidation sites excluding steroid dienone is 2. The largest absolute Gasteiger partial charge is 0.493 e. The molecule has 1 amide bonds. The van der Waals surface area contributed by atoms with E-state index in [0.717, 1.165) is 22.8 Å². The molecule has 1 aliphatic heterocycles. The van der Waals surface area contributed by atoms with Gasteiger partial charge >= 0.3 is 0 Å². The van der Waals surface area contributed by atoms with E-state index in [1.54, 1.807) is 7.11 Å². The number of thioether (sulfide) groups is 1. The maximum Gasteiger partial charge on any atom is 0.239 e. The Morgan fingerprint density at radius 1 is 1.23 bits per heavy atom. The number of carbonyl (C=O) groups is 1. The Hall–Kier alpha value is -2.92. The van der Waals surface area contributed by atoms with Crippen LogP contribution in [0.5, 0.6) is 0 Å². The molecule has 0 saturated heterocycles. The highest BCUT2D eigenvalue weighted by atomic mass is 35.5. The van der Waals surface area contributed by atoms with E-state index < -0.39 is 12.3 Å². The first kappa shape index (κ1) is 36.3. The SMILES string of the molecule is C=NC1C=C(c2ccc(Cl)cc2)SC1C(=O)N(CC)C1C=CC=C(OCCC2CC2)C(OC)=C1.CC.C[C@H](N)C(O)N=O. The number of nitrogens with two attached hydrogens (primary N) is 1. The highest BCUT2D eigenvalue weighted by Crippen LogP contribution is 2.42. The highest BCUT2D eigenvalue weighted by molar-refractivity contribution is 8.09. The fourth-order valence-corrected chi connectivity index (χ4v) is 5.67. The third-order valence-corrected chi connectivity index (χ3v) is 8.46. The van der Waals surface area contributed by atoms with Crippen molar-refractivity contribution in [1.29, 1.82) is 0 Å². The van der Waals surface area contributed by atoms with Gasteiger partial charge in [-0.05, 0) is 74.0 Å². The van der Waals surface area contributed by atoms with E-state index in [4.69, 9.17) is 31.9 Å². The molecule has 0 radical (unpaired) electrons. The molecule has 0 spiro atoms. The van der Waals surface area contributed by atoms with Crippen LogP contribution in [0.3, 0.4) is 0 Å². The molecule has 4 unspecified atom stereocenters. The number of likely N-dealkylation sites (N-methyl/N-ethyl adjacent to an activating group) is 1. The van der Waals surface area contributed by atoms with Crippen LogP contribution < -0.4 is 5.73 Å². The Balaban J connectivity index is 0.000000631. The zero-order chi connectivity index (χ0) is 31.9. The number of aliphatic hydroxyl groups is 1. The fourth-order valence-electron chi connectivity index (χ4n) is 4.24. The number of amides is 1. The summed E-state index contributed by atoms with van der Waals surface area (Å²) < 4.78 is 11.7. The minimum absolute atomic E-state index is 0.0181. The maximum absolute atomic E-state index is 13.7. The predicted octanol–water partition coefficient (Wildman–Crippen LogP) is 6.33. The molecule has 1 saturated carbocycles.